The van der Waals surface area contributed by atoms with E-state index in [1.165, 1.54) is 16.4 Å². The first kappa shape index (κ1) is 20.2. The molecular formula is C19H24FN5O3S. The minimum atomic E-state index is -3.97. The maximum atomic E-state index is 14.3. The monoisotopic (exact) mass is 421 g/mol. The molecule has 0 radical (unpaired) electrons. The lowest BCUT2D eigenvalue weighted by Crippen LogP contribution is -2.54. The summed E-state index contributed by atoms with van der Waals surface area (Å²) < 4.78 is 47.6. The van der Waals surface area contributed by atoms with E-state index in [1.807, 2.05) is 12.1 Å². The van der Waals surface area contributed by atoms with E-state index >= 15 is 0 Å². The van der Waals surface area contributed by atoms with Crippen LogP contribution in [0.2, 0.25) is 0 Å². The Balaban J connectivity index is 1.57. The van der Waals surface area contributed by atoms with Gasteiger partial charge in [0, 0.05) is 31.7 Å². The number of pyridine rings is 1. The SMILES string of the molecule is Cc1ccc(F)c(S(=O)(=O)N2CCOC(C3NNCC3c3ccnc(N)c3)C2)c1. The summed E-state index contributed by atoms with van der Waals surface area (Å²) in [5, 5.41) is 0. The Morgan fingerprint density at radius 1 is 1.31 bits per heavy atom. The normalized spacial score (nSPS) is 25.9. The van der Waals surface area contributed by atoms with Gasteiger partial charge in [-0.1, -0.05) is 6.07 Å². The maximum Gasteiger partial charge on any atom is 0.246 e. The summed E-state index contributed by atoms with van der Waals surface area (Å²) in [7, 11) is -3.97. The van der Waals surface area contributed by atoms with Crippen molar-refractivity contribution in [3.8, 4) is 0 Å². The molecule has 1 aromatic carbocycles. The van der Waals surface area contributed by atoms with E-state index in [1.54, 1.807) is 19.2 Å². The summed E-state index contributed by atoms with van der Waals surface area (Å²) in [5.74, 6) is -0.287. The second-order valence-corrected chi connectivity index (χ2v) is 9.28. The number of ether oxygens (including phenoxy) is 1. The molecule has 2 aliphatic heterocycles. The highest BCUT2D eigenvalue weighted by molar-refractivity contribution is 7.89. The Bertz CT molecular complexity index is 1000. The maximum absolute atomic E-state index is 14.3. The zero-order chi connectivity index (χ0) is 20.6. The second kappa shape index (κ2) is 7.96. The molecule has 3 atom stereocenters. The molecule has 3 unspecified atom stereocenters. The summed E-state index contributed by atoms with van der Waals surface area (Å²) >= 11 is 0. The molecule has 0 amide bonds. The van der Waals surface area contributed by atoms with E-state index in [2.05, 4.69) is 15.8 Å². The van der Waals surface area contributed by atoms with Crippen LogP contribution in [0, 0.1) is 12.7 Å². The van der Waals surface area contributed by atoms with Crippen LogP contribution in [-0.4, -0.2) is 56.1 Å². The van der Waals surface area contributed by atoms with Crippen molar-refractivity contribution in [2.75, 3.05) is 32.0 Å². The quantitative estimate of drug-likeness (QED) is 0.669. The van der Waals surface area contributed by atoms with Crippen molar-refractivity contribution in [1.29, 1.82) is 0 Å². The number of nitrogens with zero attached hydrogens (tertiary/aromatic N) is 2. The first-order valence-electron chi connectivity index (χ1n) is 9.44. The van der Waals surface area contributed by atoms with Crippen LogP contribution in [0.25, 0.3) is 0 Å². The van der Waals surface area contributed by atoms with Crippen LogP contribution in [0.15, 0.2) is 41.4 Å². The zero-order valence-corrected chi connectivity index (χ0v) is 16.8. The number of morpholine rings is 1. The van der Waals surface area contributed by atoms with Crippen molar-refractivity contribution in [3.05, 3.63) is 53.5 Å². The third kappa shape index (κ3) is 3.99. The summed E-state index contributed by atoms with van der Waals surface area (Å²) in [5.41, 5.74) is 13.8. The topological polar surface area (TPSA) is 110 Å². The number of hydrazine groups is 1. The van der Waals surface area contributed by atoms with Crippen LogP contribution in [-0.2, 0) is 14.8 Å². The molecule has 4 N–H and O–H groups in total. The van der Waals surface area contributed by atoms with Gasteiger partial charge >= 0.3 is 0 Å². The largest absolute Gasteiger partial charge is 0.384 e. The fraction of sp³-hybridized carbons (Fsp3) is 0.421. The molecule has 3 heterocycles. The van der Waals surface area contributed by atoms with Gasteiger partial charge < -0.3 is 10.5 Å². The molecule has 2 aromatic rings. The Morgan fingerprint density at radius 3 is 2.93 bits per heavy atom. The number of aryl methyl sites for hydroxylation is 1. The number of nitrogens with two attached hydrogens (primary N) is 1. The molecule has 0 saturated carbocycles. The first-order chi connectivity index (χ1) is 13.9. The number of nitrogens with one attached hydrogen (secondary N) is 2. The van der Waals surface area contributed by atoms with Crippen molar-refractivity contribution < 1.29 is 17.5 Å². The Hall–Kier alpha value is -2.11. The van der Waals surface area contributed by atoms with Crippen LogP contribution in [0.4, 0.5) is 10.2 Å². The molecule has 2 saturated heterocycles. The van der Waals surface area contributed by atoms with Gasteiger partial charge in [-0.3, -0.25) is 10.9 Å². The van der Waals surface area contributed by atoms with Crippen molar-refractivity contribution in [2.45, 2.75) is 29.9 Å². The summed E-state index contributed by atoms with van der Waals surface area (Å²) in [4.78, 5) is 3.73. The average Bonchev–Trinajstić information content (AvgIpc) is 3.20. The molecule has 0 aliphatic carbocycles. The molecule has 0 bridgehead atoms. The van der Waals surface area contributed by atoms with Crippen molar-refractivity contribution in [2.24, 2.45) is 0 Å². The fourth-order valence-electron chi connectivity index (χ4n) is 3.92. The third-order valence-electron chi connectivity index (χ3n) is 5.42. The van der Waals surface area contributed by atoms with Gasteiger partial charge in [0.2, 0.25) is 10.0 Å². The molecule has 1 aromatic heterocycles. The Labute approximate surface area is 169 Å². The van der Waals surface area contributed by atoms with Crippen LogP contribution >= 0.6 is 0 Å². The number of hydrogen-bond acceptors (Lipinski definition) is 7. The van der Waals surface area contributed by atoms with E-state index in [0.29, 0.717) is 17.9 Å². The molecular weight excluding hydrogens is 397 g/mol. The molecule has 4 rings (SSSR count). The lowest BCUT2D eigenvalue weighted by atomic mass is 9.90. The van der Waals surface area contributed by atoms with E-state index in [9.17, 15) is 12.8 Å². The van der Waals surface area contributed by atoms with Crippen molar-refractivity contribution >= 4 is 15.8 Å². The first-order valence-corrected chi connectivity index (χ1v) is 10.9. The minimum absolute atomic E-state index is 0.0312. The highest BCUT2D eigenvalue weighted by atomic mass is 32.2. The van der Waals surface area contributed by atoms with Gasteiger partial charge in [-0.05, 0) is 42.3 Å². The van der Waals surface area contributed by atoms with Crippen LogP contribution < -0.4 is 16.6 Å². The number of sulfonamides is 1. The van der Waals surface area contributed by atoms with Gasteiger partial charge in [0.25, 0.3) is 0 Å². The predicted molar refractivity (Wildman–Crippen MR) is 106 cm³/mol. The van der Waals surface area contributed by atoms with Gasteiger partial charge in [-0.25, -0.2) is 17.8 Å². The van der Waals surface area contributed by atoms with E-state index in [0.717, 1.165) is 5.56 Å². The van der Waals surface area contributed by atoms with Gasteiger partial charge in [0.1, 0.15) is 16.5 Å². The van der Waals surface area contributed by atoms with Crippen LogP contribution in [0.1, 0.15) is 17.0 Å². The highest BCUT2D eigenvalue weighted by Crippen LogP contribution is 2.29. The number of rotatable bonds is 4. The van der Waals surface area contributed by atoms with E-state index in [4.69, 9.17) is 10.5 Å². The summed E-state index contributed by atoms with van der Waals surface area (Å²) in [6.07, 6.45) is 1.25. The van der Waals surface area contributed by atoms with Crippen LogP contribution in [0.3, 0.4) is 0 Å². The molecule has 0 spiro atoms. The number of aromatic nitrogens is 1. The van der Waals surface area contributed by atoms with Gasteiger partial charge in [-0.15, -0.1) is 0 Å². The number of nitrogen functional groups attached to an aromatic ring is 1. The number of hydrogen-bond donors (Lipinski definition) is 3. The standard InChI is InChI=1S/C19H24FN5O3S/c1-12-2-3-15(20)17(8-12)29(26,27)25-6-7-28-16(11-25)19-14(10-23-24-19)13-4-5-22-18(21)9-13/h2-5,8-9,14,16,19,23-24H,6-7,10-11H2,1H3,(H2,21,22). The smallest absolute Gasteiger partial charge is 0.246 e. The molecule has 8 nitrogen and oxygen atoms in total. The zero-order valence-electron chi connectivity index (χ0n) is 16.0. The van der Waals surface area contributed by atoms with Gasteiger partial charge in [-0.2, -0.15) is 4.31 Å². The number of halogens is 1. The van der Waals surface area contributed by atoms with Crippen molar-refractivity contribution in [1.82, 2.24) is 20.1 Å². The Morgan fingerprint density at radius 2 is 2.14 bits per heavy atom. The van der Waals surface area contributed by atoms with Gasteiger partial charge in [0.05, 0.1) is 18.8 Å². The van der Waals surface area contributed by atoms with E-state index < -0.39 is 21.9 Å². The Kier molecular flexibility index (Phi) is 5.54. The molecule has 10 heteroatoms. The van der Waals surface area contributed by atoms with Crippen LogP contribution in [0.5, 0.6) is 0 Å². The lowest BCUT2D eigenvalue weighted by Gasteiger charge is -2.36. The molecule has 2 fully saturated rings. The number of anilines is 1. The van der Waals surface area contributed by atoms with E-state index in [-0.39, 0.29) is 36.6 Å². The minimum Gasteiger partial charge on any atom is -0.384 e. The summed E-state index contributed by atoms with van der Waals surface area (Å²) in [6.45, 7) is 2.93. The third-order valence-corrected chi connectivity index (χ3v) is 7.30. The second-order valence-electron chi connectivity index (χ2n) is 7.38. The average molecular weight is 421 g/mol. The lowest BCUT2D eigenvalue weighted by molar-refractivity contribution is -0.0226. The molecule has 29 heavy (non-hydrogen) atoms. The van der Waals surface area contributed by atoms with Gasteiger partial charge in [0.15, 0.2) is 0 Å². The molecule has 2 aliphatic rings. The fourth-order valence-corrected chi connectivity index (χ4v) is 5.51. The predicted octanol–water partition coefficient (Wildman–Crippen LogP) is 0.761. The summed E-state index contributed by atoms with van der Waals surface area (Å²) in [6, 6.07) is 7.64. The van der Waals surface area contributed by atoms with Crippen molar-refractivity contribution in [3.63, 3.8) is 0 Å². The number of benzene rings is 1. The highest BCUT2D eigenvalue weighted by Gasteiger charge is 2.41. The molecule has 156 valence electrons.